The first-order valence-corrected chi connectivity index (χ1v) is 11.7. The lowest BCUT2D eigenvalue weighted by atomic mass is 10.2. The highest BCUT2D eigenvalue weighted by molar-refractivity contribution is 5.98. The fourth-order valence-electron chi connectivity index (χ4n) is 3.46. The minimum Gasteiger partial charge on any atom is -0.438 e. The molecule has 1 N–H and O–H groups in total. The molecule has 0 radical (unpaired) electrons. The van der Waals surface area contributed by atoms with Crippen LogP contribution in [0.15, 0.2) is 48.7 Å². The van der Waals surface area contributed by atoms with E-state index >= 15 is 0 Å². The van der Waals surface area contributed by atoms with E-state index in [0.717, 1.165) is 12.0 Å². The van der Waals surface area contributed by atoms with Crippen LogP contribution in [0.4, 0.5) is 16.6 Å². The van der Waals surface area contributed by atoms with Crippen LogP contribution in [0.3, 0.4) is 0 Å². The summed E-state index contributed by atoms with van der Waals surface area (Å²) in [5.74, 6) is 0.904. The summed E-state index contributed by atoms with van der Waals surface area (Å²) >= 11 is 0. The second-order valence-electron chi connectivity index (χ2n) is 7.87. The Morgan fingerprint density at radius 3 is 2.69 bits per heavy atom. The summed E-state index contributed by atoms with van der Waals surface area (Å²) in [6.45, 7) is 6.18. The molecular formula is C25H33N5O5. The average Bonchev–Trinajstić information content (AvgIpc) is 2.91. The van der Waals surface area contributed by atoms with E-state index in [2.05, 4.69) is 26.9 Å². The van der Waals surface area contributed by atoms with Gasteiger partial charge >= 0.3 is 6.16 Å². The molecule has 1 aromatic carbocycles. The number of carbonyl (C=O) groups is 2. The largest absolute Gasteiger partial charge is 0.508 e. The third-order valence-electron chi connectivity index (χ3n) is 5.30. The minimum absolute atomic E-state index is 0.0563. The van der Waals surface area contributed by atoms with Gasteiger partial charge in [-0.25, -0.2) is 9.78 Å². The maximum absolute atomic E-state index is 13.7. The molecule has 3 rings (SSSR count). The number of hydrogen-bond acceptors (Lipinski definition) is 9. The molecule has 1 aromatic heterocycles. The maximum Gasteiger partial charge on any atom is 0.508 e. The zero-order valence-corrected chi connectivity index (χ0v) is 20.3. The Kier molecular flexibility index (Phi) is 10.3. The molecule has 0 atom stereocenters. The molecular weight excluding hydrogens is 450 g/mol. The van der Waals surface area contributed by atoms with Crippen molar-refractivity contribution in [3.63, 3.8) is 0 Å². The van der Waals surface area contributed by atoms with E-state index in [0.29, 0.717) is 63.3 Å². The number of methoxy groups -OCH3 is 1. The SMILES string of the molecule is CCCNc1nc(N2CCOCC2)ncc1C(=O)N(C/C=C/COC(=O)OC)Cc1ccccc1. The first-order valence-electron chi connectivity index (χ1n) is 11.7. The Morgan fingerprint density at radius 1 is 1.20 bits per heavy atom. The van der Waals surface area contributed by atoms with Crippen molar-refractivity contribution < 1.29 is 23.8 Å². The summed E-state index contributed by atoms with van der Waals surface area (Å²) in [4.78, 5) is 37.8. The molecule has 0 bridgehead atoms. The van der Waals surface area contributed by atoms with Gasteiger partial charge in [-0.1, -0.05) is 43.3 Å². The molecule has 10 nitrogen and oxygen atoms in total. The van der Waals surface area contributed by atoms with Gasteiger partial charge in [0.05, 0.1) is 20.3 Å². The molecule has 0 saturated carbocycles. The number of benzene rings is 1. The number of amides is 1. The molecule has 1 fully saturated rings. The average molecular weight is 484 g/mol. The molecule has 0 aliphatic carbocycles. The summed E-state index contributed by atoms with van der Waals surface area (Å²) in [5.41, 5.74) is 1.40. The van der Waals surface area contributed by atoms with Crippen molar-refractivity contribution >= 4 is 23.8 Å². The van der Waals surface area contributed by atoms with Crippen LogP contribution in [0.2, 0.25) is 0 Å². The minimum atomic E-state index is -0.754. The van der Waals surface area contributed by atoms with E-state index in [1.54, 1.807) is 23.2 Å². The molecule has 1 amide bonds. The second kappa shape index (κ2) is 13.9. The van der Waals surface area contributed by atoms with E-state index in [1.165, 1.54) is 7.11 Å². The Balaban J connectivity index is 1.81. The van der Waals surface area contributed by atoms with Gasteiger partial charge in [-0.2, -0.15) is 4.98 Å². The lowest BCUT2D eigenvalue weighted by molar-refractivity contribution is 0.0756. The fourth-order valence-corrected chi connectivity index (χ4v) is 3.46. The Morgan fingerprint density at radius 2 is 1.97 bits per heavy atom. The van der Waals surface area contributed by atoms with E-state index < -0.39 is 6.16 Å². The molecule has 188 valence electrons. The molecule has 10 heteroatoms. The molecule has 0 spiro atoms. The number of morpholine rings is 1. The number of hydrogen-bond donors (Lipinski definition) is 1. The smallest absolute Gasteiger partial charge is 0.438 e. The second-order valence-corrected chi connectivity index (χ2v) is 7.87. The third-order valence-corrected chi connectivity index (χ3v) is 5.30. The highest BCUT2D eigenvalue weighted by atomic mass is 16.7. The maximum atomic E-state index is 13.7. The number of carbonyl (C=O) groups excluding carboxylic acids is 2. The van der Waals surface area contributed by atoms with Gasteiger partial charge in [0.2, 0.25) is 5.95 Å². The Bertz CT molecular complexity index is 979. The van der Waals surface area contributed by atoms with E-state index in [9.17, 15) is 9.59 Å². The normalized spacial score (nSPS) is 13.5. The summed E-state index contributed by atoms with van der Waals surface area (Å²) < 4.78 is 14.8. The summed E-state index contributed by atoms with van der Waals surface area (Å²) in [7, 11) is 1.25. The monoisotopic (exact) mass is 483 g/mol. The van der Waals surface area contributed by atoms with Crippen molar-refractivity contribution in [3.8, 4) is 0 Å². The van der Waals surface area contributed by atoms with Gasteiger partial charge in [0, 0.05) is 38.9 Å². The summed E-state index contributed by atoms with van der Waals surface area (Å²) in [5, 5.41) is 3.29. The number of rotatable bonds is 11. The molecule has 1 aliphatic rings. The number of anilines is 2. The lowest BCUT2D eigenvalue weighted by Crippen LogP contribution is -2.38. The quantitative estimate of drug-likeness (QED) is 0.381. The van der Waals surface area contributed by atoms with Crippen LogP contribution < -0.4 is 10.2 Å². The van der Waals surface area contributed by atoms with Crippen molar-refractivity contribution in [2.24, 2.45) is 0 Å². The van der Waals surface area contributed by atoms with Crippen LogP contribution in [0.5, 0.6) is 0 Å². The van der Waals surface area contributed by atoms with Crippen LogP contribution in [-0.4, -0.2) is 80.0 Å². The van der Waals surface area contributed by atoms with E-state index in [-0.39, 0.29) is 12.5 Å². The van der Waals surface area contributed by atoms with Gasteiger partial charge < -0.3 is 29.3 Å². The highest BCUT2D eigenvalue weighted by Crippen LogP contribution is 2.20. The standard InChI is InChI=1S/C25H33N5O5/c1-3-11-26-22-21(18-27-24(28-22)29-13-16-34-17-14-29)23(31)30(19-20-9-5-4-6-10-20)12-7-8-15-35-25(32)33-2/h4-10,18H,3,11-17,19H2,1-2H3,(H,26,27,28)/b8-7+. The van der Waals surface area contributed by atoms with Crippen molar-refractivity contribution in [1.29, 1.82) is 0 Å². The topological polar surface area (TPSA) is 106 Å². The van der Waals surface area contributed by atoms with Crippen LogP contribution in [-0.2, 0) is 20.8 Å². The summed E-state index contributed by atoms with van der Waals surface area (Å²) in [6.07, 6.45) is 5.19. The van der Waals surface area contributed by atoms with Crippen molar-refractivity contribution in [2.45, 2.75) is 19.9 Å². The number of aromatic nitrogens is 2. The summed E-state index contributed by atoms with van der Waals surface area (Å²) in [6, 6.07) is 9.75. The first kappa shape index (κ1) is 26.0. The zero-order valence-electron chi connectivity index (χ0n) is 20.3. The lowest BCUT2D eigenvalue weighted by Gasteiger charge is -2.28. The van der Waals surface area contributed by atoms with Crippen molar-refractivity contribution in [1.82, 2.24) is 14.9 Å². The fraction of sp³-hybridized carbons (Fsp3) is 0.440. The van der Waals surface area contributed by atoms with Crippen LogP contribution in [0.1, 0.15) is 29.3 Å². The predicted molar refractivity (Wildman–Crippen MR) is 133 cm³/mol. The van der Waals surface area contributed by atoms with Crippen molar-refractivity contribution in [2.75, 3.05) is 63.3 Å². The Hall–Kier alpha value is -3.66. The van der Waals surface area contributed by atoms with Crippen LogP contribution >= 0.6 is 0 Å². The van der Waals surface area contributed by atoms with Gasteiger partial charge in [-0.3, -0.25) is 4.79 Å². The van der Waals surface area contributed by atoms with E-state index in [1.807, 2.05) is 30.3 Å². The number of nitrogens with zero attached hydrogens (tertiary/aromatic N) is 4. The highest BCUT2D eigenvalue weighted by Gasteiger charge is 2.23. The zero-order chi connectivity index (χ0) is 24.9. The predicted octanol–water partition coefficient (Wildman–Crippen LogP) is 3.12. The molecule has 2 aromatic rings. The molecule has 35 heavy (non-hydrogen) atoms. The third kappa shape index (κ3) is 7.96. The number of nitrogens with one attached hydrogen (secondary N) is 1. The number of ether oxygens (including phenoxy) is 3. The Labute approximate surface area is 205 Å². The van der Waals surface area contributed by atoms with Gasteiger partial charge in [0.1, 0.15) is 18.0 Å². The van der Waals surface area contributed by atoms with Crippen molar-refractivity contribution in [3.05, 3.63) is 59.8 Å². The van der Waals surface area contributed by atoms with E-state index in [4.69, 9.17) is 14.5 Å². The van der Waals surface area contributed by atoms with Crippen LogP contribution in [0.25, 0.3) is 0 Å². The molecule has 1 aliphatic heterocycles. The molecule has 2 heterocycles. The molecule has 1 saturated heterocycles. The van der Waals surface area contributed by atoms with Gasteiger partial charge in [-0.15, -0.1) is 0 Å². The van der Waals surface area contributed by atoms with Crippen LogP contribution in [0, 0.1) is 0 Å². The molecule has 0 unspecified atom stereocenters. The van der Waals surface area contributed by atoms with Gasteiger partial charge in [-0.05, 0) is 18.1 Å². The first-order chi connectivity index (χ1) is 17.1. The van der Waals surface area contributed by atoms with Gasteiger partial charge in [0.15, 0.2) is 0 Å². The van der Waals surface area contributed by atoms with Gasteiger partial charge in [0.25, 0.3) is 5.91 Å².